The Kier molecular flexibility index (Phi) is 6.72. The van der Waals surface area contributed by atoms with Gasteiger partial charge in [0.2, 0.25) is 11.8 Å². The van der Waals surface area contributed by atoms with Gasteiger partial charge in [-0.3, -0.25) is 9.59 Å². The molecule has 1 saturated heterocycles. The topological polar surface area (TPSA) is 84.2 Å². The summed E-state index contributed by atoms with van der Waals surface area (Å²) < 4.78 is 0. The molecule has 1 aliphatic rings. The first-order chi connectivity index (χ1) is 8.65. The number of nitrogens with two attached hydrogens (primary N) is 1. The van der Waals surface area contributed by atoms with Crippen LogP contribution in [0.25, 0.3) is 0 Å². The van der Waals surface area contributed by atoms with Gasteiger partial charge in [-0.25, -0.2) is 0 Å². The fraction of sp³-hybridized carbons (Fsp3) is 0.846. The van der Waals surface area contributed by atoms with Gasteiger partial charge < -0.3 is 16.4 Å². The molecule has 0 aromatic heterocycles. The summed E-state index contributed by atoms with van der Waals surface area (Å²) >= 11 is 0. The molecule has 5 nitrogen and oxygen atoms in total. The van der Waals surface area contributed by atoms with Crippen LogP contribution in [-0.2, 0) is 9.59 Å². The number of hydrogen-bond acceptors (Lipinski definition) is 3. The molecule has 1 heterocycles. The van der Waals surface area contributed by atoms with E-state index in [1.807, 2.05) is 0 Å². The Hall–Kier alpha value is -1.10. The molecule has 0 aliphatic carbocycles. The van der Waals surface area contributed by atoms with E-state index in [4.69, 9.17) is 5.73 Å². The first-order valence-corrected chi connectivity index (χ1v) is 6.91. The quantitative estimate of drug-likeness (QED) is 0.620. The predicted molar refractivity (Wildman–Crippen MR) is 70.9 cm³/mol. The van der Waals surface area contributed by atoms with Crippen LogP contribution >= 0.6 is 0 Å². The summed E-state index contributed by atoms with van der Waals surface area (Å²) in [7, 11) is 0. The first-order valence-electron chi connectivity index (χ1n) is 6.91. The zero-order valence-electron chi connectivity index (χ0n) is 11.2. The van der Waals surface area contributed by atoms with E-state index in [0.717, 1.165) is 25.7 Å². The third kappa shape index (κ3) is 5.49. The van der Waals surface area contributed by atoms with Crippen LogP contribution in [-0.4, -0.2) is 30.9 Å². The number of rotatable bonds is 7. The Labute approximate surface area is 109 Å². The number of piperidine rings is 1. The Bertz CT molecular complexity index is 271. The minimum Gasteiger partial charge on any atom is -0.354 e. The number of hydrogen-bond donors (Lipinski definition) is 3. The lowest BCUT2D eigenvalue weighted by Gasteiger charge is -2.23. The number of carbonyl (C=O) groups is 2. The van der Waals surface area contributed by atoms with Crippen LogP contribution < -0.4 is 16.4 Å². The van der Waals surface area contributed by atoms with Crippen LogP contribution in [0.1, 0.15) is 45.4 Å². The Balaban J connectivity index is 2.18. The van der Waals surface area contributed by atoms with Crippen molar-refractivity contribution in [3.63, 3.8) is 0 Å². The highest BCUT2D eigenvalue weighted by atomic mass is 16.2. The van der Waals surface area contributed by atoms with Gasteiger partial charge in [0.25, 0.3) is 0 Å². The molecule has 0 spiro atoms. The summed E-state index contributed by atoms with van der Waals surface area (Å²) in [6, 6.07) is 0.102. The van der Waals surface area contributed by atoms with E-state index in [1.54, 1.807) is 0 Å². The van der Waals surface area contributed by atoms with Crippen molar-refractivity contribution in [1.82, 2.24) is 10.6 Å². The van der Waals surface area contributed by atoms with Crippen molar-refractivity contribution < 1.29 is 9.59 Å². The van der Waals surface area contributed by atoms with E-state index in [-0.39, 0.29) is 17.9 Å². The van der Waals surface area contributed by atoms with Gasteiger partial charge in [-0.15, -0.1) is 0 Å². The van der Waals surface area contributed by atoms with Crippen molar-refractivity contribution >= 4 is 11.8 Å². The number of amides is 2. The molecule has 0 aromatic rings. The van der Waals surface area contributed by atoms with Gasteiger partial charge in [0.1, 0.15) is 0 Å². The third-order valence-corrected chi connectivity index (χ3v) is 3.56. The van der Waals surface area contributed by atoms with Crippen molar-refractivity contribution in [2.75, 3.05) is 13.1 Å². The minimum atomic E-state index is 0.0782. The maximum absolute atomic E-state index is 11.8. The Morgan fingerprint density at radius 1 is 1.56 bits per heavy atom. The lowest BCUT2D eigenvalue weighted by molar-refractivity contribution is -0.125. The molecule has 0 radical (unpaired) electrons. The molecule has 104 valence electrons. The molecule has 5 heteroatoms. The van der Waals surface area contributed by atoms with E-state index in [9.17, 15) is 9.59 Å². The summed E-state index contributed by atoms with van der Waals surface area (Å²) in [5, 5.41) is 5.74. The maximum Gasteiger partial charge on any atom is 0.220 e. The van der Waals surface area contributed by atoms with Gasteiger partial charge >= 0.3 is 0 Å². The van der Waals surface area contributed by atoms with E-state index in [0.29, 0.717) is 31.8 Å². The second-order valence-corrected chi connectivity index (χ2v) is 5.00. The molecule has 0 bridgehead atoms. The standard InChI is InChI=1S/C13H25N3O2/c1-2-10(7-8-14)3-5-13(18)16-11-4-6-12(17)15-9-11/h10-11H,2-9,14H2,1H3,(H,15,17)(H,16,18). The Morgan fingerprint density at radius 2 is 2.33 bits per heavy atom. The highest BCUT2D eigenvalue weighted by Gasteiger charge is 2.19. The second-order valence-electron chi connectivity index (χ2n) is 5.00. The highest BCUT2D eigenvalue weighted by Crippen LogP contribution is 2.14. The van der Waals surface area contributed by atoms with Crippen LogP contribution in [0, 0.1) is 5.92 Å². The molecular formula is C13H25N3O2. The van der Waals surface area contributed by atoms with E-state index >= 15 is 0 Å². The zero-order chi connectivity index (χ0) is 13.4. The van der Waals surface area contributed by atoms with Gasteiger partial charge in [-0.05, 0) is 31.7 Å². The predicted octanol–water partition coefficient (Wildman–Crippen LogP) is 0.536. The van der Waals surface area contributed by atoms with Crippen LogP contribution in [0.5, 0.6) is 0 Å². The van der Waals surface area contributed by atoms with Crippen molar-refractivity contribution in [1.29, 1.82) is 0 Å². The minimum absolute atomic E-state index is 0.0782. The lowest BCUT2D eigenvalue weighted by Crippen LogP contribution is -2.47. The fourth-order valence-corrected chi connectivity index (χ4v) is 2.28. The van der Waals surface area contributed by atoms with Gasteiger partial charge in [0, 0.05) is 25.4 Å². The molecule has 1 aliphatic heterocycles. The number of nitrogens with one attached hydrogen (secondary N) is 2. The fourth-order valence-electron chi connectivity index (χ4n) is 2.28. The molecule has 0 aromatic carbocycles. The van der Waals surface area contributed by atoms with Crippen molar-refractivity contribution in [3.05, 3.63) is 0 Å². The van der Waals surface area contributed by atoms with Crippen LogP contribution in [0.15, 0.2) is 0 Å². The van der Waals surface area contributed by atoms with Gasteiger partial charge in [0.05, 0.1) is 0 Å². The smallest absolute Gasteiger partial charge is 0.220 e. The van der Waals surface area contributed by atoms with Gasteiger partial charge in [0.15, 0.2) is 0 Å². The maximum atomic E-state index is 11.8. The Morgan fingerprint density at radius 3 is 2.89 bits per heavy atom. The van der Waals surface area contributed by atoms with Crippen LogP contribution in [0.4, 0.5) is 0 Å². The van der Waals surface area contributed by atoms with Gasteiger partial charge in [-0.1, -0.05) is 13.3 Å². The van der Waals surface area contributed by atoms with E-state index in [2.05, 4.69) is 17.6 Å². The average Bonchev–Trinajstić information content (AvgIpc) is 2.37. The summed E-state index contributed by atoms with van der Waals surface area (Å²) in [4.78, 5) is 22.7. The molecule has 4 N–H and O–H groups in total. The summed E-state index contributed by atoms with van der Waals surface area (Å²) in [6.07, 6.45) is 4.78. The second kappa shape index (κ2) is 8.08. The molecule has 0 saturated carbocycles. The molecule has 2 unspecified atom stereocenters. The zero-order valence-corrected chi connectivity index (χ0v) is 11.2. The summed E-state index contributed by atoms with van der Waals surface area (Å²) in [5.74, 6) is 0.716. The van der Waals surface area contributed by atoms with Gasteiger partial charge in [-0.2, -0.15) is 0 Å². The van der Waals surface area contributed by atoms with Crippen molar-refractivity contribution in [2.24, 2.45) is 11.7 Å². The normalized spacial score (nSPS) is 21.2. The summed E-state index contributed by atoms with van der Waals surface area (Å²) in [5.41, 5.74) is 5.53. The van der Waals surface area contributed by atoms with Crippen molar-refractivity contribution in [2.45, 2.75) is 51.5 Å². The highest BCUT2D eigenvalue weighted by molar-refractivity contribution is 5.78. The SMILES string of the molecule is CCC(CCN)CCC(=O)NC1CCC(=O)NC1. The van der Waals surface area contributed by atoms with Crippen LogP contribution in [0.3, 0.4) is 0 Å². The lowest BCUT2D eigenvalue weighted by atomic mass is 9.96. The average molecular weight is 255 g/mol. The molecule has 1 fully saturated rings. The molecule has 2 atom stereocenters. The largest absolute Gasteiger partial charge is 0.354 e. The third-order valence-electron chi connectivity index (χ3n) is 3.56. The molecule has 2 amide bonds. The van der Waals surface area contributed by atoms with E-state index in [1.165, 1.54) is 0 Å². The monoisotopic (exact) mass is 255 g/mol. The first kappa shape index (κ1) is 15.0. The molecule has 18 heavy (non-hydrogen) atoms. The van der Waals surface area contributed by atoms with Crippen LogP contribution in [0.2, 0.25) is 0 Å². The molecular weight excluding hydrogens is 230 g/mol. The van der Waals surface area contributed by atoms with E-state index < -0.39 is 0 Å². The van der Waals surface area contributed by atoms with Crippen molar-refractivity contribution in [3.8, 4) is 0 Å². The molecule has 1 rings (SSSR count). The summed E-state index contributed by atoms with van der Waals surface area (Å²) in [6.45, 7) is 3.38. The number of carbonyl (C=O) groups excluding carboxylic acids is 2.